The van der Waals surface area contributed by atoms with Gasteiger partial charge < -0.3 is 19.7 Å². The van der Waals surface area contributed by atoms with Crippen LogP contribution in [0.15, 0.2) is 41.1 Å². The van der Waals surface area contributed by atoms with E-state index in [2.05, 4.69) is 31.2 Å². The van der Waals surface area contributed by atoms with E-state index in [1.807, 2.05) is 4.90 Å². The molecule has 2 heterocycles. The number of hydrogen-bond donors (Lipinski definition) is 1. The molecule has 1 fully saturated rings. The number of methoxy groups -OCH3 is 1. The summed E-state index contributed by atoms with van der Waals surface area (Å²) in [5, 5.41) is 3.72. The average Bonchev–Trinajstić information content (AvgIpc) is 3.38. The van der Waals surface area contributed by atoms with Crippen molar-refractivity contribution in [3.05, 3.63) is 46.9 Å². The summed E-state index contributed by atoms with van der Waals surface area (Å²) < 4.78 is 26.4. The first-order valence-corrected chi connectivity index (χ1v) is 12.3. The van der Waals surface area contributed by atoms with Gasteiger partial charge >= 0.3 is 0 Å². The van der Waals surface area contributed by atoms with Gasteiger partial charge in [0.2, 0.25) is 5.91 Å². The summed E-state index contributed by atoms with van der Waals surface area (Å²) in [7, 11) is 1.57. The second-order valence-corrected chi connectivity index (χ2v) is 9.15. The Hall–Kier alpha value is -2.94. The molecule has 9 heteroatoms. The summed E-state index contributed by atoms with van der Waals surface area (Å²) in [6.07, 6.45) is 6.90. The van der Waals surface area contributed by atoms with Crippen LogP contribution >= 0.6 is 15.9 Å². The van der Waals surface area contributed by atoms with Crippen LogP contribution in [-0.2, 0) is 4.79 Å². The first-order valence-electron chi connectivity index (χ1n) is 11.5. The third-order valence-electron chi connectivity index (χ3n) is 5.86. The van der Waals surface area contributed by atoms with E-state index in [-0.39, 0.29) is 5.91 Å². The smallest absolute Gasteiger partial charge is 0.222 e. The van der Waals surface area contributed by atoms with E-state index >= 15 is 0 Å². The number of halogens is 2. The summed E-state index contributed by atoms with van der Waals surface area (Å²) in [4.78, 5) is 22.7. The van der Waals surface area contributed by atoms with E-state index in [1.165, 1.54) is 12.4 Å². The number of nitrogens with one attached hydrogen (secondary N) is 1. The highest BCUT2D eigenvalue weighted by atomic mass is 79.9. The Morgan fingerprint density at radius 3 is 2.71 bits per heavy atom. The van der Waals surface area contributed by atoms with Crippen LogP contribution in [0.5, 0.6) is 11.5 Å². The number of fused-ring (bicyclic) bond motifs is 1. The van der Waals surface area contributed by atoms with Gasteiger partial charge in [0.1, 0.15) is 18.0 Å². The number of hydrogen-bond acceptors (Lipinski definition) is 6. The molecule has 1 amide bonds. The lowest BCUT2D eigenvalue weighted by Crippen LogP contribution is -2.27. The molecule has 34 heavy (non-hydrogen) atoms. The van der Waals surface area contributed by atoms with Crippen LogP contribution in [0.3, 0.4) is 0 Å². The Balaban J connectivity index is 1.37. The minimum Gasteiger partial charge on any atom is -0.493 e. The van der Waals surface area contributed by atoms with Crippen LogP contribution in [0.2, 0.25) is 0 Å². The molecule has 0 unspecified atom stereocenters. The Morgan fingerprint density at radius 2 is 1.94 bits per heavy atom. The standard InChI is InChI=1S/C25H28BrFN4O3/c1-33-22-14-18-21(28-16-29-25(18)30-20-9-8-17(26)13-19(20)27)15-23(22)34-12-6-2-3-7-24(32)31-10-4-5-11-31/h8-9,13-16H,2-7,10-12H2,1H3,(H,28,29,30). The number of nitrogens with zero attached hydrogens (tertiary/aromatic N) is 3. The molecule has 4 rings (SSSR count). The van der Waals surface area contributed by atoms with E-state index in [0.29, 0.717) is 51.4 Å². The zero-order chi connectivity index (χ0) is 23.9. The molecule has 1 N–H and O–H groups in total. The first kappa shape index (κ1) is 24.2. The zero-order valence-electron chi connectivity index (χ0n) is 19.2. The molecule has 3 aromatic rings. The van der Waals surface area contributed by atoms with Gasteiger partial charge in [0.15, 0.2) is 11.5 Å². The van der Waals surface area contributed by atoms with Crippen LogP contribution in [0.1, 0.15) is 38.5 Å². The Kier molecular flexibility index (Phi) is 8.16. The van der Waals surface area contributed by atoms with Crippen LogP contribution in [0.4, 0.5) is 15.9 Å². The van der Waals surface area contributed by atoms with E-state index in [9.17, 15) is 9.18 Å². The van der Waals surface area contributed by atoms with Crippen molar-refractivity contribution in [1.29, 1.82) is 0 Å². The third kappa shape index (κ3) is 5.94. The topological polar surface area (TPSA) is 76.6 Å². The van der Waals surface area contributed by atoms with Crippen molar-refractivity contribution in [2.24, 2.45) is 0 Å². The predicted molar refractivity (Wildman–Crippen MR) is 133 cm³/mol. The number of benzene rings is 2. The highest BCUT2D eigenvalue weighted by molar-refractivity contribution is 9.10. The molecular weight excluding hydrogens is 503 g/mol. The predicted octanol–water partition coefficient (Wildman–Crippen LogP) is 5.85. The number of rotatable bonds is 10. The molecule has 1 aliphatic heterocycles. The molecule has 0 bridgehead atoms. The highest BCUT2D eigenvalue weighted by Gasteiger charge is 2.17. The van der Waals surface area contributed by atoms with Crippen LogP contribution < -0.4 is 14.8 Å². The highest BCUT2D eigenvalue weighted by Crippen LogP contribution is 2.35. The molecule has 1 saturated heterocycles. The van der Waals surface area contributed by atoms with Crippen molar-refractivity contribution in [3.63, 3.8) is 0 Å². The molecule has 0 radical (unpaired) electrons. The van der Waals surface area contributed by atoms with Gasteiger partial charge in [0.25, 0.3) is 0 Å². The van der Waals surface area contributed by atoms with Gasteiger partial charge in [-0.15, -0.1) is 0 Å². The number of ether oxygens (including phenoxy) is 2. The van der Waals surface area contributed by atoms with Gasteiger partial charge in [0, 0.05) is 35.4 Å². The summed E-state index contributed by atoms with van der Waals surface area (Å²) >= 11 is 3.26. The average molecular weight is 531 g/mol. The quantitative estimate of drug-likeness (QED) is 0.331. The summed E-state index contributed by atoms with van der Waals surface area (Å²) in [5.74, 6) is 1.48. The number of anilines is 2. The number of unbranched alkanes of at least 4 members (excludes halogenated alkanes) is 2. The second-order valence-electron chi connectivity index (χ2n) is 8.24. The maximum Gasteiger partial charge on any atom is 0.222 e. The van der Waals surface area contributed by atoms with Gasteiger partial charge in [-0.3, -0.25) is 4.79 Å². The molecule has 1 aliphatic rings. The van der Waals surface area contributed by atoms with Crippen LogP contribution in [-0.4, -0.2) is 47.6 Å². The van der Waals surface area contributed by atoms with E-state index in [4.69, 9.17) is 9.47 Å². The Labute approximate surface area is 206 Å². The fourth-order valence-corrected chi connectivity index (χ4v) is 4.35. The normalized spacial score (nSPS) is 13.3. The zero-order valence-corrected chi connectivity index (χ0v) is 20.7. The Morgan fingerprint density at radius 1 is 1.12 bits per heavy atom. The summed E-state index contributed by atoms with van der Waals surface area (Å²) in [6.45, 7) is 2.32. The minimum atomic E-state index is -0.393. The maximum atomic E-state index is 14.3. The molecule has 0 aliphatic carbocycles. The third-order valence-corrected chi connectivity index (χ3v) is 6.35. The van der Waals surface area contributed by atoms with Gasteiger partial charge in [-0.1, -0.05) is 15.9 Å². The van der Waals surface area contributed by atoms with Gasteiger partial charge in [-0.2, -0.15) is 0 Å². The number of carbonyl (C=O) groups excluding carboxylic acids is 1. The van der Waals surface area contributed by atoms with E-state index < -0.39 is 5.82 Å². The lowest BCUT2D eigenvalue weighted by molar-refractivity contribution is -0.130. The van der Waals surface area contributed by atoms with Crippen molar-refractivity contribution in [1.82, 2.24) is 14.9 Å². The minimum absolute atomic E-state index is 0.265. The molecule has 180 valence electrons. The van der Waals surface area contributed by atoms with Gasteiger partial charge in [0.05, 0.1) is 24.9 Å². The number of carbonyl (C=O) groups is 1. The summed E-state index contributed by atoms with van der Waals surface area (Å²) in [5.41, 5.74) is 0.965. The second kappa shape index (κ2) is 11.5. The molecule has 1 aromatic heterocycles. The maximum absolute atomic E-state index is 14.3. The lowest BCUT2D eigenvalue weighted by atomic mass is 10.2. The summed E-state index contributed by atoms with van der Waals surface area (Å²) in [6, 6.07) is 8.37. The Bertz CT molecular complexity index is 1150. The van der Waals surface area contributed by atoms with Gasteiger partial charge in [-0.25, -0.2) is 14.4 Å². The SMILES string of the molecule is COc1cc2c(Nc3ccc(Br)cc3F)ncnc2cc1OCCCCCC(=O)N1CCCC1. The van der Waals surface area contributed by atoms with Crippen molar-refractivity contribution in [2.45, 2.75) is 38.5 Å². The number of amides is 1. The molecule has 7 nitrogen and oxygen atoms in total. The van der Waals surface area contributed by atoms with E-state index in [0.717, 1.165) is 45.2 Å². The first-order chi connectivity index (χ1) is 16.5. The van der Waals surface area contributed by atoms with Crippen molar-refractivity contribution < 1.29 is 18.7 Å². The van der Waals surface area contributed by atoms with Crippen molar-refractivity contribution in [3.8, 4) is 11.5 Å². The molecule has 2 aromatic carbocycles. The van der Waals surface area contributed by atoms with Gasteiger partial charge in [-0.05, 0) is 56.4 Å². The van der Waals surface area contributed by atoms with Crippen LogP contribution in [0.25, 0.3) is 10.9 Å². The molecular formula is C25H28BrFN4O3. The molecule has 0 spiro atoms. The fourth-order valence-electron chi connectivity index (χ4n) is 4.02. The molecule has 0 saturated carbocycles. The van der Waals surface area contributed by atoms with Crippen molar-refractivity contribution >= 4 is 44.2 Å². The van der Waals surface area contributed by atoms with Crippen molar-refractivity contribution in [2.75, 3.05) is 32.1 Å². The fraction of sp³-hybridized carbons (Fsp3) is 0.400. The number of likely N-dealkylation sites (tertiary alicyclic amines) is 1. The molecule has 0 atom stereocenters. The largest absolute Gasteiger partial charge is 0.493 e. The number of aromatic nitrogens is 2. The monoisotopic (exact) mass is 530 g/mol. The van der Waals surface area contributed by atoms with Crippen LogP contribution in [0, 0.1) is 5.82 Å². The van der Waals surface area contributed by atoms with E-state index in [1.54, 1.807) is 31.4 Å². The lowest BCUT2D eigenvalue weighted by Gasteiger charge is -2.15.